The van der Waals surface area contributed by atoms with E-state index in [9.17, 15) is 14.7 Å². The summed E-state index contributed by atoms with van der Waals surface area (Å²) in [5.41, 5.74) is 14.3. The predicted octanol–water partition coefficient (Wildman–Crippen LogP) is 8.31. The number of amides is 2. The van der Waals surface area contributed by atoms with Gasteiger partial charge in [0, 0.05) is 44.5 Å². The van der Waals surface area contributed by atoms with Crippen molar-refractivity contribution >= 4 is 23.2 Å². The van der Waals surface area contributed by atoms with Crippen LogP contribution in [0.25, 0.3) is 11.1 Å². The standard InChI is InChI=1S/C46H52N4O5/c1-50(30-33-12-4-2-5-13-33)31-40-28-43(36-24-22-34(32-51)23-25-36)55-46(54-40)39-17-11-16-38(27-39)37-15-10-14-35(26-37)29-48-44(52)20-6-3-7-21-45(53)49-42-19-9-8-18-41(42)47/h2,4-5,8-19,22-27,40,43,46,51H,3,6-7,20-21,28-32,47H2,1H3,(H,48,52)(H,49,53)/t40-,43+,46+/m0/s1. The number of nitrogen functional groups attached to an aromatic ring is 1. The molecule has 9 heteroatoms. The SMILES string of the molecule is CN(Cc1ccccc1)C[C@@H]1C[C@H](c2ccc(CO)cc2)O[C@H](c2cccc(-c3cccc(CNC(=O)CCCCCC(=O)Nc4ccccc4N)c3)c2)O1. The molecular weight excluding hydrogens is 689 g/mol. The average molecular weight is 741 g/mol. The summed E-state index contributed by atoms with van der Waals surface area (Å²) in [6.45, 7) is 1.99. The van der Waals surface area contributed by atoms with Crippen molar-refractivity contribution in [3.63, 3.8) is 0 Å². The highest BCUT2D eigenvalue weighted by Crippen LogP contribution is 2.39. The Morgan fingerprint density at radius 3 is 2.18 bits per heavy atom. The first-order valence-electron chi connectivity index (χ1n) is 19.2. The minimum absolute atomic E-state index is 0.000367. The number of aliphatic hydroxyl groups is 1. The molecule has 0 radical (unpaired) electrons. The molecule has 0 spiro atoms. The van der Waals surface area contributed by atoms with Gasteiger partial charge in [-0.15, -0.1) is 0 Å². The number of rotatable bonds is 17. The molecule has 5 aromatic rings. The summed E-state index contributed by atoms with van der Waals surface area (Å²) < 4.78 is 13.3. The van der Waals surface area contributed by atoms with E-state index in [4.69, 9.17) is 15.2 Å². The second-order valence-electron chi connectivity index (χ2n) is 14.3. The third-order valence-electron chi connectivity index (χ3n) is 9.88. The molecule has 5 aromatic carbocycles. The van der Waals surface area contributed by atoms with Crippen LogP contribution < -0.4 is 16.4 Å². The van der Waals surface area contributed by atoms with Gasteiger partial charge in [0.05, 0.1) is 30.2 Å². The number of nitrogens with one attached hydrogen (secondary N) is 2. The van der Waals surface area contributed by atoms with Crippen LogP contribution in [0.1, 0.15) is 78.7 Å². The van der Waals surface area contributed by atoms with Crippen LogP contribution in [0.5, 0.6) is 0 Å². The topological polar surface area (TPSA) is 126 Å². The molecule has 1 aliphatic heterocycles. The van der Waals surface area contributed by atoms with Gasteiger partial charge >= 0.3 is 0 Å². The van der Waals surface area contributed by atoms with E-state index >= 15 is 0 Å². The summed E-state index contributed by atoms with van der Waals surface area (Å²) in [4.78, 5) is 27.2. The summed E-state index contributed by atoms with van der Waals surface area (Å²) >= 11 is 0. The fourth-order valence-corrected chi connectivity index (χ4v) is 6.93. The van der Waals surface area contributed by atoms with Gasteiger partial charge in [0.15, 0.2) is 6.29 Å². The third-order valence-corrected chi connectivity index (χ3v) is 9.88. The number of unbranched alkanes of at least 4 members (excludes halogenated alkanes) is 2. The van der Waals surface area contributed by atoms with Crippen molar-refractivity contribution in [2.75, 3.05) is 24.6 Å². The largest absolute Gasteiger partial charge is 0.397 e. The van der Waals surface area contributed by atoms with E-state index < -0.39 is 6.29 Å². The van der Waals surface area contributed by atoms with E-state index in [1.165, 1.54) is 5.56 Å². The summed E-state index contributed by atoms with van der Waals surface area (Å²) in [7, 11) is 2.12. The number of benzene rings is 5. The van der Waals surface area contributed by atoms with Crippen LogP contribution in [0.15, 0.2) is 127 Å². The number of hydrogen-bond acceptors (Lipinski definition) is 7. The molecule has 1 heterocycles. The summed E-state index contributed by atoms with van der Waals surface area (Å²) in [6.07, 6.45) is 2.90. The van der Waals surface area contributed by atoms with Crippen LogP contribution in [0.2, 0.25) is 0 Å². The van der Waals surface area contributed by atoms with Gasteiger partial charge in [-0.3, -0.25) is 14.5 Å². The number of aliphatic hydroxyl groups excluding tert-OH is 1. The van der Waals surface area contributed by atoms with Crippen LogP contribution >= 0.6 is 0 Å². The van der Waals surface area contributed by atoms with Gasteiger partial charge < -0.3 is 30.9 Å². The first-order valence-corrected chi connectivity index (χ1v) is 19.2. The Hall–Kier alpha value is -5.32. The Morgan fingerprint density at radius 1 is 0.727 bits per heavy atom. The zero-order chi connectivity index (χ0) is 38.4. The van der Waals surface area contributed by atoms with Crippen molar-refractivity contribution in [1.29, 1.82) is 0 Å². The first-order chi connectivity index (χ1) is 26.8. The Labute approximate surface area is 324 Å². The molecule has 0 aliphatic carbocycles. The smallest absolute Gasteiger partial charge is 0.224 e. The first kappa shape index (κ1) is 39.4. The number of anilines is 2. The number of nitrogens with two attached hydrogens (primary N) is 1. The second kappa shape index (κ2) is 19.8. The highest BCUT2D eigenvalue weighted by atomic mass is 16.7. The molecule has 1 saturated heterocycles. The maximum Gasteiger partial charge on any atom is 0.224 e. The Balaban J connectivity index is 1.03. The molecule has 6 rings (SSSR count). The summed E-state index contributed by atoms with van der Waals surface area (Å²) in [6, 6.07) is 42.1. The monoisotopic (exact) mass is 740 g/mol. The molecular formula is C46H52N4O5. The van der Waals surface area contributed by atoms with Gasteiger partial charge in [-0.2, -0.15) is 0 Å². The number of para-hydroxylation sites is 2. The van der Waals surface area contributed by atoms with E-state index in [1.54, 1.807) is 12.1 Å². The van der Waals surface area contributed by atoms with Crippen molar-refractivity contribution in [3.05, 3.63) is 155 Å². The van der Waals surface area contributed by atoms with E-state index in [0.29, 0.717) is 50.0 Å². The number of likely N-dealkylation sites (N-methyl/N-ethyl adjacent to an activating group) is 1. The van der Waals surface area contributed by atoms with Crippen molar-refractivity contribution in [2.24, 2.45) is 0 Å². The molecule has 2 amide bonds. The van der Waals surface area contributed by atoms with Crippen molar-refractivity contribution in [2.45, 2.75) is 76.7 Å². The van der Waals surface area contributed by atoms with E-state index in [-0.39, 0.29) is 30.6 Å². The van der Waals surface area contributed by atoms with Gasteiger partial charge in [0.25, 0.3) is 0 Å². The number of ether oxygens (including phenoxy) is 2. The minimum atomic E-state index is -0.564. The maximum atomic E-state index is 12.7. The fraction of sp³-hybridized carbons (Fsp3) is 0.304. The zero-order valence-electron chi connectivity index (χ0n) is 31.5. The molecule has 0 unspecified atom stereocenters. The highest BCUT2D eigenvalue weighted by Gasteiger charge is 2.33. The molecule has 286 valence electrons. The van der Waals surface area contributed by atoms with Gasteiger partial charge in [-0.25, -0.2) is 0 Å². The molecule has 0 bridgehead atoms. The normalized spacial score (nSPS) is 16.8. The predicted molar refractivity (Wildman–Crippen MR) is 217 cm³/mol. The summed E-state index contributed by atoms with van der Waals surface area (Å²) in [5.74, 6) is -0.0857. The van der Waals surface area contributed by atoms with E-state index in [2.05, 4.69) is 71.1 Å². The Bertz CT molecular complexity index is 1990. The molecule has 9 nitrogen and oxygen atoms in total. The molecule has 5 N–H and O–H groups in total. The second-order valence-corrected chi connectivity index (χ2v) is 14.3. The zero-order valence-corrected chi connectivity index (χ0v) is 31.5. The van der Waals surface area contributed by atoms with Gasteiger partial charge in [-0.1, -0.05) is 110 Å². The van der Waals surface area contributed by atoms with Crippen molar-refractivity contribution in [1.82, 2.24) is 10.2 Å². The number of hydrogen-bond donors (Lipinski definition) is 4. The van der Waals surface area contributed by atoms with Gasteiger partial charge in [0.2, 0.25) is 11.8 Å². The van der Waals surface area contributed by atoms with Crippen molar-refractivity contribution in [3.8, 4) is 11.1 Å². The molecule has 1 aliphatic rings. The lowest BCUT2D eigenvalue weighted by atomic mass is 9.98. The lowest BCUT2D eigenvalue weighted by molar-refractivity contribution is -0.252. The molecule has 55 heavy (non-hydrogen) atoms. The lowest BCUT2D eigenvalue weighted by Gasteiger charge is -2.38. The number of carbonyl (C=O) groups is 2. The van der Waals surface area contributed by atoms with Crippen LogP contribution in [0.4, 0.5) is 11.4 Å². The highest BCUT2D eigenvalue weighted by molar-refractivity contribution is 5.93. The quantitative estimate of drug-likeness (QED) is 0.0558. The van der Waals surface area contributed by atoms with Crippen LogP contribution in [-0.2, 0) is 38.8 Å². The maximum absolute atomic E-state index is 12.7. The van der Waals surface area contributed by atoms with E-state index in [0.717, 1.165) is 52.9 Å². The van der Waals surface area contributed by atoms with Crippen LogP contribution in [0, 0.1) is 0 Å². The van der Waals surface area contributed by atoms with Gasteiger partial charge in [-0.05, 0) is 77.5 Å². The van der Waals surface area contributed by atoms with E-state index in [1.807, 2.05) is 66.7 Å². The average Bonchev–Trinajstić information content (AvgIpc) is 3.21. The number of carbonyl (C=O) groups excluding carboxylic acids is 2. The Kier molecular flexibility index (Phi) is 14.2. The molecule has 3 atom stereocenters. The van der Waals surface area contributed by atoms with Crippen molar-refractivity contribution < 1.29 is 24.2 Å². The number of nitrogens with zero attached hydrogens (tertiary/aromatic N) is 1. The Morgan fingerprint density at radius 2 is 1.42 bits per heavy atom. The summed E-state index contributed by atoms with van der Waals surface area (Å²) in [5, 5.41) is 15.5. The van der Waals surface area contributed by atoms with Crippen LogP contribution in [0.3, 0.4) is 0 Å². The molecule has 0 aromatic heterocycles. The minimum Gasteiger partial charge on any atom is -0.397 e. The fourth-order valence-electron chi connectivity index (χ4n) is 6.93. The lowest BCUT2D eigenvalue weighted by Crippen LogP contribution is -2.37. The van der Waals surface area contributed by atoms with Crippen LogP contribution in [-0.4, -0.2) is 41.5 Å². The third kappa shape index (κ3) is 11.8. The van der Waals surface area contributed by atoms with Gasteiger partial charge in [0.1, 0.15) is 0 Å². The molecule has 1 fully saturated rings. The molecule has 0 saturated carbocycles.